The van der Waals surface area contributed by atoms with Gasteiger partial charge in [0.05, 0.1) is 30.4 Å². The SMILES string of the molecule is CCOC(=O)c1ccnc(OCCN2C(=O)CCCN2CCC(O)Cc2cccc(C(F)(F)F)c2)c1. The molecule has 1 aromatic heterocycles. The highest BCUT2D eigenvalue weighted by atomic mass is 19.4. The van der Waals surface area contributed by atoms with E-state index >= 15 is 0 Å². The average molecular weight is 510 g/mol. The lowest BCUT2D eigenvalue weighted by molar-refractivity contribution is -0.157. The Morgan fingerprint density at radius 2 is 2.03 bits per heavy atom. The highest BCUT2D eigenvalue weighted by molar-refractivity contribution is 5.89. The van der Waals surface area contributed by atoms with Gasteiger partial charge in [0.15, 0.2) is 0 Å². The van der Waals surface area contributed by atoms with Crippen molar-refractivity contribution in [1.82, 2.24) is 15.0 Å². The molecule has 1 aliphatic rings. The van der Waals surface area contributed by atoms with Crippen LogP contribution in [0.25, 0.3) is 0 Å². The zero-order valence-corrected chi connectivity index (χ0v) is 20.0. The molecule has 0 aliphatic carbocycles. The number of alkyl halides is 3. The van der Waals surface area contributed by atoms with E-state index in [0.29, 0.717) is 37.1 Å². The Bertz CT molecular complexity index is 1030. The Morgan fingerprint density at radius 3 is 2.78 bits per heavy atom. The summed E-state index contributed by atoms with van der Waals surface area (Å²) in [6.07, 6.45) is -2.44. The van der Waals surface area contributed by atoms with E-state index in [2.05, 4.69) is 4.98 Å². The van der Waals surface area contributed by atoms with Gasteiger partial charge in [-0.25, -0.2) is 14.8 Å². The van der Waals surface area contributed by atoms with E-state index in [1.807, 2.05) is 5.01 Å². The van der Waals surface area contributed by atoms with Gasteiger partial charge in [-0.3, -0.25) is 9.80 Å². The van der Waals surface area contributed by atoms with E-state index in [1.165, 1.54) is 24.4 Å². The van der Waals surface area contributed by atoms with Crippen LogP contribution in [0.3, 0.4) is 0 Å². The fraction of sp³-hybridized carbons (Fsp3) is 0.480. The standard InChI is InChI=1S/C25H30F3N3O5/c1-2-35-24(34)19-8-10-29-22(17-19)36-14-13-31-23(33)7-4-11-30(31)12-9-21(32)16-18-5-3-6-20(15-18)25(26,27)28/h3,5-6,8,10,15,17,21,32H,2,4,7,9,11-14,16H2,1H3. The summed E-state index contributed by atoms with van der Waals surface area (Å²) in [6.45, 7) is 3.31. The quantitative estimate of drug-likeness (QED) is 0.464. The zero-order valence-electron chi connectivity index (χ0n) is 20.0. The first-order valence-corrected chi connectivity index (χ1v) is 11.8. The van der Waals surface area contributed by atoms with Crippen molar-refractivity contribution in [3.05, 3.63) is 59.3 Å². The zero-order chi connectivity index (χ0) is 26.1. The molecule has 0 spiro atoms. The number of pyridine rings is 1. The number of hydrazine groups is 1. The summed E-state index contributed by atoms with van der Waals surface area (Å²) in [5.74, 6) is -0.329. The van der Waals surface area contributed by atoms with Gasteiger partial charge in [-0.2, -0.15) is 13.2 Å². The third-order valence-electron chi connectivity index (χ3n) is 5.68. The highest BCUT2D eigenvalue weighted by Crippen LogP contribution is 2.30. The number of aliphatic hydroxyl groups is 1. The second-order valence-corrected chi connectivity index (χ2v) is 8.37. The number of rotatable bonds is 11. The van der Waals surface area contributed by atoms with Crippen LogP contribution in [-0.4, -0.2) is 70.9 Å². The van der Waals surface area contributed by atoms with Crippen LogP contribution >= 0.6 is 0 Å². The molecule has 8 nitrogen and oxygen atoms in total. The van der Waals surface area contributed by atoms with E-state index in [1.54, 1.807) is 18.0 Å². The summed E-state index contributed by atoms with van der Waals surface area (Å²) in [7, 11) is 0. The summed E-state index contributed by atoms with van der Waals surface area (Å²) < 4.78 is 49.4. The van der Waals surface area contributed by atoms with Crippen molar-refractivity contribution in [2.75, 3.05) is 32.8 Å². The second-order valence-electron chi connectivity index (χ2n) is 8.37. The Hall–Kier alpha value is -3.18. The molecule has 2 aromatic rings. The van der Waals surface area contributed by atoms with Gasteiger partial charge in [-0.1, -0.05) is 18.2 Å². The smallest absolute Gasteiger partial charge is 0.416 e. The van der Waals surface area contributed by atoms with Crippen LogP contribution in [0, 0.1) is 0 Å². The van der Waals surface area contributed by atoms with E-state index < -0.39 is 23.8 Å². The summed E-state index contributed by atoms with van der Waals surface area (Å²) >= 11 is 0. The van der Waals surface area contributed by atoms with Crippen LogP contribution in [0.5, 0.6) is 5.88 Å². The van der Waals surface area contributed by atoms with Gasteiger partial charge in [-0.05, 0) is 43.9 Å². The lowest BCUT2D eigenvalue weighted by Crippen LogP contribution is -2.52. The van der Waals surface area contributed by atoms with Crippen molar-refractivity contribution in [3.8, 4) is 5.88 Å². The van der Waals surface area contributed by atoms with E-state index in [0.717, 1.165) is 12.1 Å². The summed E-state index contributed by atoms with van der Waals surface area (Å²) in [6, 6.07) is 7.91. The molecule has 1 saturated heterocycles. The minimum absolute atomic E-state index is 0.0783. The third-order valence-corrected chi connectivity index (χ3v) is 5.68. The number of benzene rings is 1. The average Bonchev–Trinajstić information content (AvgIpc) is 2.84. The number of hydrogen-bond donors (Lipinski definition) is 1. The predicted molar refractivity (Wildman–Crippen MR) is 124 cm³/mol. The first-order chi connectivity index (χ1) is 17.2. The number of aromatic nitrogens is 1. The van der Waals surface area contributed by atoms with Crippen molar-refractivity contribution in [1.29, 1.82) is 0 Å². The summed E-state index contributed by atoms with van der Waals surface area (Å²) in [5.41, 5.74) is -0.0376. The maximum absolute atomic E-state index is 12.9. The molecular formula is C25H30F3N3O5. The predicted octanol–water partition coefficient (Wildman–Crippen LogP) is 3.49. The molecule has 1 aromatic carbocycles. The molecule has 0 radical (unpaired) electrons. The second kappa shape index (κ2) is 12.7. The topological polar surface area (TPSA) is 92.2 Å². The molecule has 36 heavy (non-hydrogen) atoms. The molecule has 2 heterocycles. The number of hydrogen-bond acceptors (Lipinski definition) is 7. The van der Waals surface area contributed by atoms with Crippen molar-refractivity contribution in [3.63, 3.8) is 0 Å². The van der Waals surface area contributed by atoms with Gasteiger partial charge < -0.3 is 14.6 Å². The fourth-order valence-electron chi connectivity index (χ4n) is 3.93. The van der Waals surface area contributed by atoms with Gasteiger partial charge in [0, 0.05) is 31.8 Å². The molecule has 1 aliphatic heterocycles. The van der Waals surface area contributed by atoms with Crippen molar-refractivity contribution >= 4 is 11.9 Å². The first kappa shape index (κ1) is 27.4. The molecule has 196 valence electrons. The normalized spacial score (nSPS) is 15.6. The molecular weight excluding hydrogens is 479 g/mol. The molecule has 1 N–H and O–H groups in total. The molecule has 1 unspecified atom stereocenters. The molecule has 11 heteroatoms. The summed E-state index contributed by atoms with van der Waals surface area (Å²) in [5, 5.41) is 13.8. The van der Waals surface area contributed by atoms with Crippen molar-refractivity contribution < 1.29 is 37.3 Å². The molecule has 0 bridgehead atoms. The first-order valence-electron chi connectivity index (χ1n) is 11.8. The highest BCUT2D eigenvalue weighted by Gasteiger charge is 2.30. The lowest BCUT2D eigenvalue weighted by Gasteiger charge is -2.38. The number of nitrogens with zero attached hydrogens (tertiary/aromatic N) is 3. The minimum atomic E-state index is -4.44. The molecule has 1 fully saturated rings. The van der Waals surface area contributed by atoms with Crippen LogP contribution in [0.2, 0.25) is 0 Å². The molecule has 1 atom stereocenters. The number of esters is 1. The van der Waals surface area contributed by atoms with Crippen LogP contribution in [0.4, 0.5) is 13.2 Å². The Labute approximate surface area is 207 Å². The number of amides is 1. The molecule has 0 saturated carbocycles. The Balaban J connectivity index is 1.52. The number of halogens is 3. The van der Waals surface area contributed by atoms with E-state index in [-0.39, 0.29) is 44.4 Å². The van der Waals surface area contributed by atoms with Gasteiger partial charge >= 0.3 is 12.1 Å². The number of ether oxygens (including phenoxy) is 2. The van der Waals surface area contributed by atoms with Crippen molar-refractivity contribution in [2.45, 2.75) is 44.9 Å². The maximum Gasteiger partial charge on any atom is 0.416 e. The number of carbonyl (C=O) groups is 2. The van der Waals surface area contributed by atoms with Crippen molar-refractivity contribution in [2.24, 2.45) is 0 Å². The van der Waals surface area contributed by atoms with Crippen LogP contribution < -0.4 is 4.74 Å². The van der Waals surface area contributed by atoms with Gasteiger partial charge in [0.1, 0.15) is 6.61 Å². The van der Waals surface area contributed by atoms with Gasteiger partial charge in [-0.15, -0.1) is 0 Å². The van der Waals surface area contributed by atoms with E-state index in [9.17, 15) is 27.9 Å². The van der Waals surface area contributed by atoms with Crippen LogP contribution in [0.15, 0.2) is 42.6 Å². The monoisotopic (exact) mass is 509 g/mol. The molecule has 3 rings (SSSR count). The number of carbonyl (C=O) groups excluding carboxylic acids is 2. The molecule has 1 amide bonds. The van der Waals surface area contributed by atoms with Crippen LogP contribution in [0.1, 0.15) is 47.7 Å². The maximum atomic E-state index is 12.9. The minimum Gasteiger partial charge on any atom is -0.476 e. The summed E-state index contributed by atoms with van der Waals surface area (Å²) in [4.78, 5) is 28.5. The largest absolute Gasteiger partial charge is 0.476 e. The van der Waals surface area contributed by atoms with E-state index in [4.69, 9.17) is 9.47 Å². The fourth-order valence-corrected chi connectivity index (χ4v) is 3.93. The third kappa shape index (κ3) is 7.92. The van der Waals surface area contributed by atoms with Crippen LogP contribution in [-0.2, 0) is 22.1 Å². The van der Waals surface area contributed by atoms with Gasteiger partial charge in [0.25, 0.3) is 0 Å². The Kier molecular flexibility index (Phi) is 9.65. The lowest BCUT2D eigenvalue weighted by atomic mass is 10.0. The Morgan fingerprint density at radius 1 is 1.22 bits per heavy atom. The number of aliphatic hydroxyl groups excluding tert-OH is 1. The van der Waals surface area contributed by atoms with Gasteiger partial charge in [0.2, 0.25) is 11.8 Å².